The first-order valence-electron chi connectivity index (χ1n) is 6.37. The molecular weight excluding hydrogens is 270 g/mol. The van der Waals surface area contributed by atoms with Crippen molar-refractivity contribution >= 4 is 23.4 Å². The highest BCUT2D eigenvalue weighted by Gasteiger charge is 2.05. The van der Waals surface area contributed by atoms with Gasteiger partial charge in [-0.25, -0.2) is 0 Å². The molecule has 0 fully saturated rings. The Morgan fingerprint density at radius 3 is 2.50 bits per heavy atom. The molecular formula is C16H17NO2S. The second-order valence-electron chi connectivity index (χ2n) is 4.46. The zero-order valence-electron chi connectivity index (χ0n) is 11.3. The molecule has 104 valence electrons. The number of anilines is 1. The van der Waals surface area contributed by atoms with E-state index in [0.717, 1.165) is 16.1 Å². The van der Waals surface area contributed by atoms with E-state index in [0.29, 0.717) is 5.75 Å². The van der Waals surface area contributed by atoms with Crippen LogP contribution in [0.25, 0.3) is 0 Å². The highest BCUT2D eigenvalue weighted by atomic mass is 32.2. The summed E-state index contributed by atoms with van der Waals surface area (Å²) in [7, 11) is 0. The molecule has 1 amide bonds. The van der Waals surface area contributed by atoms with Crippen LogP contribution in [-0.2, 0) is 11.4 Å². The smallest absolute Gasteiger partial charge is 0.234 e. The van der Waals surface area contributed by atoms with Crippen LogP contribution in [0.3, 0.4) is 0 Å². The maximum atomic E-state index is 11.9. The molecule has 0 aliphatic carbocycles. The molecule has 2 aromatic rings. The minimum atomic E-state index is -0.0324. The summed E-state index contributed by atoms with van der Waals surface area (Å²) in [6.45, 7) is 2.05. The average molecular weight is 287 g/mol. The minimum absolute atomic E-state index is 0.0113. The van der Waals surface area contributed by atoms with Gasteiger partial charge in [-0.2, -0.15) is 0 Å². The lowest BCUT2D eigenvalue weighted by Crippen LogP contribution is -2.14. The molecule has 0 saturated carbocycles. The Morgan fingerprint density at radius 1 is 1.15 bits per heavy atom. The molecule has 3 nitrogen and oxygen atoms in total. The Kier molecular flexibility index (Phi) is 5.21. The summed E-state index contributed by atoms with van der Waals surface area (Å²) in [6, 6.07) is 15.2. The van der Waals surface area contributed by atoms with Crippen LogP contribution in [0.15, 0.2) is 53.4 Å². The third-order valence-electron chi connectivity index (χ3n) is 2.87. The molecule has 0 radical (unpaired) electrons. The number of hydrogen-bond donors (Lipinski definition) is 2. The van der Waals surface area contributed by atoms with Gasteiger partial charge in [0, 0.05) is 10.6 Å². The quantitative estimate of drug-likeness (QED) is 0.830. The fraction of sp³-hybridized carbons (Fsp3) is 0.188. The van der Waals surface area contributed by atoms with Crippen molar-refractivity contribution in [3.8, 4) is 0 Å². The van der Waals surface area contributed by atoms with Crippen molar-refractivity contribution in [1.29, 1.82) is 0 Å². The molecule has 0 atom stereocenters. The molecule has 0 bridgehead atoms. The van der Waals surface area contributed by atoms with Crippen LogP contribution in [0.2, 0.25) is 0 Å². The zero-order chi connectivity index (χ0) is 14.4. The van der Waals surface area contributed by atoms with Gasteiger partial charge in [0.1, 0.15) is 0 Å². The molecule has 20 heavy (non-hydrogen) atoms. The van der Waals surface area contributed by atoms with Gasteiger partial charge in [0.25, 0.3) is 0 Å². The third-order valence-corrected chi connectivity index (χ3v) is 4.05. The van der Waals surface area contributed by atoms with Crippen LogP contribution in [0.5, 0.6) is 0 Å². The summed E-state index contributed by atoms with van der Waals surface area (Å²) in [5, 5.41) is 11.8. The van der Waals surface area contributed by atoms with Gasteiger partial charge < -0.3 is 10.4 Å². The largest absolute Gasteiger partial charge is 0.392 e. The van der Waals surface area contributed by atoms with Gasteiger partial charge in [0.15, 0.2) is 0 Å². The molecule has 0 heterocycles. The maximum absolute atomic E-state index is 11.9. The summed E-state index contributed by atoms with van der Waals surface area (Å²) in [6.07, 6.45) is 0. The van der Waals surface area contributed by atoms with E-state index in [1.54, 1.807) is 24.3 Å². The second kappa shape index (κ2) is 7.12. The third kappa shape index (κ3) is 4.11. The highest BCUT2D eigenvalue weighted by molar-refractivity contribution is 8.00. The fourth-order valence-electron chi connectivity index (χ4n) is 1.75. The molecule has 0 saturated heterocycles. The van der Waals surface area contributed by atoms with Gasteiger partial charge in [-0.15, -0.1) is 11.8 Å². The van der Waals surface area contributed by atoms with E-state index in [-0.39, 0.29) is 12.5 Å². The van der Waals surface area contributed by atoms with E-state index in [2.05, 4.69) is 5.32 Å². The first-order chi connectivity index (χ1) is 9.69. The van der Waals surface area contributed by atoms with Crippen molar-refractivity contribution in [2.24, 2.45) is 0 Å². The molecule has 0 aliphatic heterocycles. The van der Waals surface area contributed by atoms with Crippen molar-refractivity contribution in [1.82, 2.24) is 0 Å². The van der Waals surface area contributed by atoms with Crippen LogP contribution in [-0.4, -0.2) is 16.8 Å². The molecule has 0 spiro atoms. The Morgan fingerprint density at radius 2 is 1.85 bits per heavy atom. The average Bonchev–Trinajstić information content (AvgIpc) is 2.47. The summed E-state index contributed by atoms with van der Waals surface area (Å²) in [4.78, 5) is 13.0. The summed E-state index contributed by atoms with van der Waals surface area (Å²) in [5.41, 5.74) is 2.76. The number of aliphatic hydroxyl groups excluding tert-OH is 1. The van der Waals surface area contributed by atoms with Gasteiger partial charge >= 0.3 is 0 Å². The lowest BCUT2D eigenvalue weighted by atomic mass is 10.2. The molecule has 0 aliphatic rings. The topological polar surface area (TPSA) is 49.3 Å². The number of hydrogen-bond acceptors (Lipinski definition) is 3. The van der Waals surface area contributed by atoms with Gasteiger partial charge in [0.05, 0.1) is 12.4 Å². The Bertz CT molecular complexity index is 581. The van der Waals surface area contributed by atoms with Crippen LogP contribution in [0.1, 0.15) is 11.1 Å². The Balaban J connectivity index is 1.87. The molecule has 0 aromatic heterocycles. The number of carbonyl (C=O) groups excluding carboxylic acids is 1. The fourth-order valence-corrected chi connectivity index (χ4v) is 2.58. The van der Waals surface area contributed by atoms with Crippen molar-refractivity contribution < 1.29 is 9.90 Å². The number of aliphatic hydroxyl groups is 1. The SMILES string of the molecule is Cc1ccccc1SCC(=O)Nc1ccc(CO)cc1. The number of nitrogens with one attached hydrogen (secondary N) is 1. The van der Waals surface area contributed by atoms with Crippen molar-refractivity contribution in [3.05, 3.63) is 59.7 Å². The predicted octanol–water partition coefficient (Wildman–Crippen LogP) is 3.22. The lowest BCUT2D eigenvalue weighted by Gasteiger charge is -2.07. The normalized spacial score (nSPS) is 10.3. The van der Waals surface area contributed by atoms with Gasteiger partial charge in [0.2, 0.25) is 5.91 Å². The first kappa shape index (κ1) is 14.6. The minimum Gasteiger partial charge on any atom is -0.392 e. The standard InChI is InChI=1S/C16H17NO2S/c1-12-4-2-3-5-15(12)20-11-16(19)17-14-8-6-13(10-18)7-9-14/h2-9,18H,10-11H2,1H3,(H,17,19). The van der Waals surface area contributed by atoms with E-state index < -0.39 is 0 Å². The second-order valence-corrected chi connectivity index (χ2v) is 5.47. The zero-order valence-corrected chi connectivity index (χ0v) is 12.1. The summed E-state index contributed by atoms with van der Waals surface area (Å²) < 4.78 is 0. The van der Waals surface area contributed by atoms with Crippen LogP contribution >= 0.6 is 11.8 Å². The van der Waals surface area contributed by atoms with Crippen molar-refractivity contribution in [3.63, 3.8) is 0 Å². The van der Waals surface area contributed by atoms with Gasteiger partial charge in [-0.1, -0.05) is 30.3 Å². The lowest BCUT2D eigenvalue weighted by molar-refractivity contribution is -0.113. The van der Waals surface area contributed by atoms with Crippen molar-refractivity contribution in [2.45, 2.75) is 18.4 Å². The van der Waals surface area contributed by atoms with Crippen LogP contribution < -0.4 is 5.32 Å². The number of thioether (sulfide) groups is 1. The maximum Gasteiger partial charge on any atom is 0.234 e. The Labute approximate surface area is 123 Å². The van der Waals surface area contributed by atoms with E-state index >= 15 is 0 Å². The van der Waals surface area contributed by atoms with Crippen molar-refractivity contribution in [2.75, 3.05) is 11.1 Å². The first-order valence-corrected chi connectivity index (χ1v) is 7.35. The molecule has 2 aromatic carbocycles. The van der Waals surface area contributed by atoms with Crippen LogP contribution in [0.4, 0.5) is 5.69 Å². The number of benzene rings is 2. The van der Waals surface area contributed by atoms with E-state index in [1.165, 1.54) is 17.3 Å². The molecule has 2 N–H and O–H groups in total. The predicted molar refractivity (Wildman–Crippen MR) is 82.9 cm³/mol. The summed E-state index contributed by atoms with van der Waals surface area (Å²) >= 11 is 1.53. The van der Waals surface area contributed by atoms with E-state index in [1.807, 2.05) is 31.2 Å². The highest BCUT2D eigenvalue weighted by Crippen LogP contribution is 2.21. The number of rotatable bonds is 5. The molecule has 2 rings (SSSR count). The van der Waals surface area contributed by atoms with Gasteiger partial charge in [-0.3, -0.25) is 4.79 Å². The van der Waals surface area contributed by atoms with Crippen LogP contribution in [0, 0.1) is 6.92 Å². The summed E-state index contributed by atoms with van der Waals surface area (Å²) in [5.74, 6) is 0.349. The molecule has 0 unspecified atom stereocenters. The van der Waals surface area contributed by atoms with E-state index in [4.69, 9.17) is 5.11 Å². The number of carbonyl (C=O) groups is 1. The molecule has 4 heteroatoms. The number of amides is 1. The Hall–Kier alpha value is -1.78. The van der Waals surface area contributed by atoms with E-state index in [9.17, 15) is 4.79 Å². The monoisotopic (exact) mass is 287 g/mol. The van der Waals surface area contributed by atoms with Gasteiger partial charge in [-0.05, 0) is 36.2 Å². The number of aryl methyl sites for hydroxylation is 1.